The van der Waals surface area contributed by atoms with Crippen LogP contribution in [0.3, 0.4) is 0 Å². The van der Waals surface area contributed by atoms with Crippen LogP contribution < -0.4 is 10.2 Å². The Kier molecular flexibility index (Phi) is 7.96. The largest absolute Gasteiger partial charge is 0.444 e. The van der Waals surface area contributed by atoms with Crippen LogP contribution in [-0.4, -0.2) is 66.2 Å². The van der Waals surface area contributed by atoms with Gasteiger partial charge in [0, 0.05) is 51.5 Å². The second kappa shape index (κ2) is 11.1. The molecule has 0 radical (unpaired) electrons. The quantitative estimate of drug-likeness (QED) is 0.679. The molecule has 2 aliphatic heterocycles. The first-order chi connectivity index (χ1) is 16.8. The van der Waals surface area contributed by atoms with Crippen molar-refractivity contribution in [1.29, 1.82) is 0 Å². The van der Waals surface area contributed by atoms with E-state index in [9.17, 15) is 9.59 Å². The maximum atomic E-state index is 13.0. The van der Waals surface area contributed by atoms with Crippen LogP contribution in [0.2, 0.25) is 0 Å². The number of amides is 2. The summed E-state index contributed by atoms with van der Waals surface area (Å²) in [6.07, 6.45) is 1.06. The van der Waals surface area contributed by atoms with Crippen molar-refractivity contribution < 1.29 is 14.3 Å². The fraction of sp³-hybridized carbons (Fsp3) is 0.500. The Morgan fingerprint density at radius 3 is 2.26 bits per heavy atom. The van der Waals surface area contributed by atoms with Crippen molar-refractivity contribution >= 4 is 17.7 Å². The molecule has 0 unspecified atom stereocenters. The molecule has 35 heavy (non-hydrogen) atoms. The Morgan fingerprint density at radius 1 is 0.914 bits per heavy atom. The minimum absolute atomic E-state index is 0.111. The highest BCUT2D eigenvalue weighted by molar-refractivity contribution is 5.86. The van der Waals surface area contributed by atoms with Gasteiger partial charge in [0.1, 0.15) is 11.6 Å². The predicted molar refractivity (Wildman–Crippen MR) is 138 cm³/mol. The molecular weight excluding hydrogens is 440 g/mol. The van der Waals surface area contributed by atoms with Crippen molar-refractivity contribution in [3.8, 4) is 0 Å². The molecule has 1 atom stereocenters. The van der Waals surface area contributed by atoms with Gasteiger partial charge in [-0.2, -0.15) is 0 Å². The lowest BCUT2D eigenvalue weighted by Gasteiger charge is -2.36. The number of hydrogen-bond acceptors (Lipinski definition) is 5. The monoisotopic (exact) mass is 478 g/mol. The normalized spacial score (nSPS) is 19.0. The van der Waals surface area contributed by atoms with Crippen LogP contribution in [0.4, 0.5) is 10.5 Å². The number of para-hydroxylation sites is 1. The van der Waals surface area contributed by atoms with Gasteiger partial charge in [-0.3, -0.25) is 14.6 Å². The molecule has 2 heterocycles. The maximum Gasteiger partial charge on any atom is 0.410 e. The highest BCUT2D eigenvalue weighted by atomic mass is 16.6. The van der Waals surface area contributed by atoms with Crippen molar-refractivity contribution in [3.63, 3.8) is 0 Å². The number of rotatable bonds is 6. The fourth-order valence-electron chi connectivity index (χ4n) is 4.81. The van der Waals surface area contributed by atoms with Gasteiger partial charge in [-0.1, -0.05) is 42.5 Å². The average Bonchev–Trinajstić information content (AvgIpc) is 3.34. The first-order valence-corrected chi connectivity index (χ1v) is 12.7. The number of carbonyl (C=O) groups is 2. The number of carbonyl (C=O) groups excluding carboxylic acids is 2. The Labute approximate surface area is 209 Å². The maximum absolute atomic E-state index is 13.0. The number of nitrogens with zero attached hydrogens (tertiary/aromatic N) is 3. The third kappa shape index (κ3) is 6.75. The summed E-state index contributed by atoms with van der Waals surface area (Å²) in [5.41, 5.74) is 3.05. The molecule has 2 aromatic carbocycles. The molecule has 2 aromatic rings. The van der Waals surface area contributed by atoms with E-state index in [0.29, 0.717) is 19.5 Å². The molecule has 0 aliphatic carbocycles. The third-order valence-electron chi connectivity index (χ3n) is 6.64. The molecule has 2 aliphatic rings. The van der Waals surface area contributed by atoms with E-state index >= 15 is 0 Å². The number of nitrogens with one attached hydrogen (secondary N) is 1. The Morgan fingerprint density at radius 2 is 1.57 bits per heavy atom. The van der Waals surface area contributed by atoms with Crippen molar-refractivity contribution in [1.82, 2.24) is 15.1 Å². The van der Waals surface area contributed by atoms with Gasteiger partial charge in [-0.25, -0.2) is 4.79 Å². The molecule has 2 fully saturated rings. The number of benzene rings is 2. The minimum atomic E-state index is -0.577. The molecule has 1 N–H and O–H groups in total. The average molecular weight is 479 g/mol. The van der Waals surface area contributed by atoms with Gasteiger partial charge in [0.05, 0.1) is 0 Å². The molecular formula is C28H38N4O3. The van der Waals surface area contributed by atoms with E-state index in [4.69, 9.17) is 4.74 Å². The number of piperazine rings is 1. The van der Waals surface area contributed by atoms with E-state index in [2.05, 4.69) is 63.6 Å². The van der Waals surface area contributed by atoms with E-state index < -0.39 is 17.7 Å². The zero-order valence-corrected chi connectivity index (χ0v) is 21.2. The summed E-state index contributed by atoms with van der Waals surface area (Å²) in [5, 5.41) is 3.08. The predicted octanol–water partition coefficient (Wildman–Crippen LogP) is 4.02. The number of anilines is 1. The van der Waals surface area contributed by atoms with Gasteiger partial charge >= 0.3 is 6.09 Å². The van der Waals surface area contributed by atoms with Crippen LogP contribution in [0.5, 0.6) is 0 Å². The first-order valence-electron chi connectivity index (χ1n) is 12.7. The van der Waals surface area contributed by atoms with Crippen molar-refractivity contribution in [2.45, 2.75) is 58.3 Å². The van der Waals surface area contributed by atoms with Crippen molar-refractivity contribution in [2.24, 2.45) is 0 Å². The number of ether oxygens (including phenoxy) is 1. The molecule has 2 saturated heterocycles. The van der Waals surface area contributed by atoms with Gasteiger partial charge in [0.2, 0.25) is 5.91 Å². The van der Waals surface area contributed by atoms with Crippen LogP contribution in [0.25, 0.3) is 0 Å². The number of likely N-dealkylation sites (tertiary alicyclic amines) is 1. The Balaban J connectivity index is 1.31. The van der Waals surface area contributed by atoms with E-state index in [0.717, 1.165) is 44.7 Å². The van der Waals surface area contributed by atoms with Crippen LogP contribution in [0.1, 0.15) is 44.7 Å². The van der Waals surface area contributed by atoms with Crippen LogP contribution in [0, 0.1) is 0 Å². The van der Waals surface area contributed by atoms with Crippen molar-refractivity contribution in [3.05, 3.63) is 65.7 Å². The zero-order chi connectivity index (χ0) is 24.8. The van der Waals surface area contributed by atoms with E-state index in [-0.39, 0.29) is 5.91 Å². The lowest BCUT2D eigenvalue weighted by molar-refractivity contribution is -0.125. The summed E-state index contributed by atoms with van der Waals surface area (Å²) >= 11 is 0. The number of hydrogen-bond donors (Lipinski definition) is 1. The molecule has 0 bridgehead atoms. The molecule has 2 amide bonds. The zero-order valence-electron chi connectivity index (χ0n) is 21.2. The van der Waals surface area contributed by atoms with Crippen LogP contribution >= 0.6 is 0 Å². The highest BCUT2D eigenvalue weighted by Gasteiger charge is 2.36. The first kappa shape index (κ1) is 25.0. The van der Waals surface area contributed by atoms with Crippen LogP contribution in [-0.2, 0) is 22.6 Å². The summed E-state index contributed by atoms with van der Waals surface area (Å²) in [6.45, 7) is 11.4. The van der Waals surface area contributed by atoms with Crippen LogP contribution in [0.15, 0.2) is 54.6 Å². The second-order valence-electron chi connectivity index (χ2n) is 10.4. The molecule has 7 nitrogen and oxygen atoms in total. The molecule has 0 saturated carbocycles. The van der Waals surface area contributed by atoms with Crippen molar-refractivity contribution in [2.75, 3.05) is 37.6 Å². The Bertz CT molecular complexity index is 997. The standard InChI is InChI=1S/C28H38N4O3/c1-28(2,3)35-27(34)32-15-9-14-25(32)26(33)29-20-22-10-7-8-11-23(22)21-30-16-18-31(19-17-30)24-12-5-4-6-13-24/h4-8,10-13,25H,9,14-21H2,1-3H3,(H,29,33)/t25-/m0/s1. The van der Waals surface area contributed by atoms with Gasteiger partial charge in [-0.15, -0.1) is 0 Å². The second-order valence-corrected chi connectivity index (χ2v) is 10.4. The van der Waals surface area contributed by atoms with Gasteiger partial charge in [0.15, 0.2) is 0 Å². The summed E-state index contributed by atoms with van der Waals surface area (Å²) in [4.78, 5) is 32.0. The lowest BCUT2D eigenvalue weighted by Crippen LogP contribution is -2.47. The van der Waals surface area contributed by atoms with E-state index in [1.54, 1.807) is 4.90 Å². The van der Waals surface area contributed by atoms with E-state index in [1.807, 2.05) is 26.8 Å². The SMILES string of the molecule is CC(C)(C)OC(=O)N1CCC[C@H]1C(=O)NCc1ccccc1CN1CCN(c2ccccc2)CC1. The van der Waals surface area contributed by atoms with Gasteiger partial charge in [0.25, 0.3) is 0 Å². The molecule has 0 spiro atoms. The lowest BCUT2D eigenvalue weighted by atomic mass is 10.1. The third-order valence-corrected chi connectivity index (χ3v) is 6.64. The van der Waals surface area contributed by atoms with E-state index in [1.165, 1.54) is 11.3 Å². The summed E-state index contributed by atoms with van der Waals surface area (Å²) in [7, 11) is 0. The van der Waals surface area contributed by atoms with Gasteiger partial charge in [-0.05, 0) is 56.9 Å². The summed E-state index contributed by atoms with van der Waals surface area (Å²) in [5.74, 6) is -0.111. The molecule has 7 heteroatoms. The molecule has 4 rings (SSSR count). The highest BCUT2D eigenvalue weighted by Crippen LogP contribution is 2.22. The Hall–Kier alpha value is -3.06. The smallest absolute Gasteiger partial charge is 0.410 e. The summed E-state index contributed by atoms with van der Waals surface area (Å²) < 4.78 is 5.50. The van der Waals surface area contributed by atoms with Gasteiger partial charge < -0.3 is 15.0 Å². The topological polar surface area (TPSA) is 65.1 Å². The fourth-order valence-corrected chi connectivity index (χ4v) is 4.81. The minimum Gasteiger partial charge on any atom is -0.444 e. The molecule has 0 aromatic heterocycles. The summed E-state index contributed by atoms with van der Waals surface area (Å²) in [6, 6.07) is 18.4. The molecule has 188 valence electrons.